The zero-order valence-corrected chi connectivity index (χ0v) is 10.2. The molecule has 1 saturated carbocycles. The summed E-state index contributed by atoms with van der Waals surface area (Å²) in [6, 6.07) is 0.458. The third-order valence-electron chi connectivity index (χ3n) is 3.08. The van der Waals surface area contributed by atoms with Crippen LogP contribution in [0, 0.1) is 5.92 Å². The fourth-order valence-electron chi connectivity index (χ4n) is 1.90. The van der Waals surface area contributed by atoms with E-state index in [1.165, 1.54) is 12.8 Å². The molecule has 0 bridgehead atoms. The molecule has 1 aromatic heterocycles. The van der Waals surface area contributed by atoms with Crippen molar-refractivity contribution in [1.82, 2.24) is 15.5 Å². The van der Waals surface area contributed by atoms with Crippen LogP contribution >= 0.6 is 0 Å². The van der Waals surface area contributed by atoms with E-state index in [0.29, 0.717) is 6.04 Å². The standard InChI is InChI=1S/C12H21N3O/c1-3-10(13-4-2)8-12-14-11(15-16-12)7-9-5-6-9/h9-10,13H,3-8H2,1-2H3. The van der Waals surface area contributed by atoms with Crippen LogP contribution in [0.4, 0.5) is 0 Å². The maximum atomic E-state index is 5.27. The highest BCUT2D eigenvalue weighted by Crippen LogP contribution is 2.31. The fourth-order valence-corrected chi connectivity index (χ4v) is 1.90. The van der Waals surface area contributed by atoms with Crippen LogP contribution < -0.4 is 5.32 Å². The molecule has 1 aromatic rings. The van der Waals surface area contributed by atoms with E-state index in [2.05, 4.69) is 29.3 Å². The number of hydrogen-bond donors (Lipinski definition) is 1. The lowest BCUT2D eigenvalue weighted by molar-refractivity contribution is 0.351. The highest BCUT2D eigenvalue weighted by atomic mass is 16.5. The first-order chi connectivity index (χ1) is 7.81. The summed E-state index contributed by atoms with van der Waals surface area (Å²) in [5, 5.41) is 7.45. The quantitative estimate of drug-likeness (QED) is 0.767. The Kier molecular flexibility index (Phi) is 3.93. The zero-order chi connectivity index (χ0) is 11.4. The van der Waals surface area contributed by atoms with Gasteiger partial charge in [-0.25, -0.2) is 0 Å². The Labute approximate surface area is 96.8 Å². The summed E-state index contributed by atoms with van der Waals surface area (Å²) in [7, 11) is 0. The van der Waals surface area contributed by atoms with Crippen LogP contribution in [-0.2, 0) is 12.8 Å². The summed E-state index contributed by atoms with van der Waals surface area (Å²) in [4.78, 5) is 4.44. The molecule has 0 radical (unpaired) electrons. The highest BCUT2D eigenvalue weighted by Gasteiger charge is 2.24. The van der Waals surface area contributed by atoms with Gasteiger partial charge in [-0.15, -0.1) is 0 Å². The SMILES string of the molecule is CCNC(CC)Cc1nc(CC2CC2)no1. The molecule has 0 amide bonds. The van der Waals surface area contributed by atoms with E-state index in [1.54, 1.807) is 0 Å². The molecule has 1 aliphatic carbocycles. The molecule has 0 aromatic carbocycles. The Morgan fingerprint density at radius 3 is 2.88 bits per heavy atom. The Balaban J connectivity index is 1.84. The Hall–Kier alpha value is -0.900. The van der Waals surface area contributed by atoms with Gasteiger partial charge in [0, 0.05) is 18.9 Å². The second-order valence-corrected chi connectivity index (χ2v) is 4.62. The largest absolute Gasteiger partial charge is 0.339 e. The minimum atomic E-state index is 0.458. The van der Waals surface area contributed by atoms with Crippen LogP contribution in [0.3, 0.4) is 0 Å². The smallest absolute Gasteiger partial charge is 0.228 e. The van der Waals surface area contributed by atoms with Crippen LogP contribution in [-0.4, -0.2) is 22.7 Å². The highest BCUT2D eigenvalue weighted by molar-refractivity contribution is 4.93. The summed E-state index contributed by atoms with van der Waals surface area (Å²) in [5.74, 6) is 2.49. The van der Waals surface area contributed by atoms with E-state index in [9.17, 15) is 0 Å². The molecule has 90 valence electrons. The van der Waals surface area contributed by atoms with Gasteiger partial charge in [-0.2, -0.15) is 4.98 Å². The van der Waals surface area contributed by atoms with Crippen LogP contribution in [0.15, 0.2) is 4.52 Å². The number of likely N-dealkylation sites (N-methyl/N-ethyl adjacent to an activating group) is 1. The van der Waals surface area contributed by atoms with E-state index >= 15 is 0 Å². The molecular formula is C12H21N3O. The van der Waals surface area contributed by atoms with Crippen molar-refractivity contribution in [1.29, 1.82) is 0 Å². The average Bonchev–Trinajstić information content (AvgIpc) is 2.98. The van der Waals surface area contributed by atoms with Crippen molar-refractivity contribution in [2.45, 2.75) is 52.0 Å². The Morgan fingerprint density at radius 2 is 2.25 bits per heavy atom. The summed E-state index contributed by atoms with van der Waals surface area (Å²) in [5.41, 5.74) is 0. The third kappa shape index (κ3) is 3.30. The van der Waals surface area contributed by atoms with Crippen molar-refractivity contribution in [3.63, 3.8) is 0 Å². The molecule has 0 saturated heterocycles. The predicted octanol–water partition coefficient (Wildman–Crippen LogP) is 1.95. The Bertz CT molecular complexity index is 320. The monoisotopic (exact) mass is 223 g/mol. The van der Waals surface area contributed by atoms with Gasteiger partial charge in [0.05, 0.1) is 0 Å². The molecule has 1 unspecified atom stereocenters. The number of nitrogens with zero attached hydrogens (tertiary/aromatic N) is 2. The third-order valence-corrected chi connectivity index (χ3v) is 3.08. The maximum absolute atomic E-state index is 5.27. The molecule has 1 fully saturated rings. The average molecular weight is 223 g/mol. The zero-order valence-electron chi connectivity index (χ0n) is 10.2. The first kappa shape index (κ1) is 11.6. The van der Waals surface area contributed by atoms with Crippen molar-refractivity contribution >= 4 is 0 Å². The van der Waals surface area contributed by atoms with Gasteiger partial charge in [0.2, 0.25) is 5.89 Å². The van der Waals surface area contributed by atoms with Gasteiger partial charge < -0.3 is 9.84 Å². The lowest BCUT2D eigenvalue weighted by Gasteiger charge is -2.12. The van der Waals surface area contributed by atoms with Gasteiger partial charge >= 0.3 is 0 Å². The van der Waals surface area contributed by atoms with Crippen molar-refractivity contribution in [3.05, 3.63) is 11.7 Å². The predicted molar refractivity (Wildman–Crippen MR) is 62.2 cm³/mol. The van der Waals surface area contributed by atoms with Crippen LogP contribution in [0.5, 0.6) is 0 Å². The second kappa shape index (κ2) is 5.43. The van der Waals surface area contributed by atoms with Crippen LogP contribution in [0.25, 0.3) is 0 Å². The van der Waals surface area contributed by atoms with Crippen molar-refractivity contribution in [3.8, 4) is 0 Å². The molecule has 1 atom stereocenters. The molecule has 2 rings (SSSR count). The van der Waals surface area contributed by atoms with Crippen LogP contribution in [0.2, 0.25) is 0 Å². The van der Waals surface area contributed by atoms with Gasteiger partial charge in [0.25, 0.3) is 0 Å². The molecule has 0 spiro atoms. The number of hydrogen-bond acceptors (Lipinski definition) is 4. The molecular weight excluding hydrogens is 202 g/mol. The van der Waals surface area contributed by atoms with Crippen LogP contribution in [0.1, 0.15) is 44.8 Å². The molecule has 4 nitrogen and oxygen atoms in total. The van der Waals surface area contributed by atoms with Gasteiger partial charge in [-0.3, -0.25) is 0 Å². The van der Waals surface area contributed by atoms with Gasteiger partial charge in [-0.1, -0.05) is 19.0 Å². The van der Waals surface area contributed by atoms with Crippen molar-refractivity contribution < 1.29 is 4.52 Å². The molecule has 1 N–H and O–H groups in total. The van der Waals surface area contributed by atoms with E-state index < -0.39 is 0 Å². The topological polar surface area (TPSA) is 51.0 Å². The lowest BCUT2D eigenvalue weighted by atomic mass is 10.1. The molecule has 4 heteroatoms. The number of aromatic nitrogens is 2. The lowest BCUT2D eigenvalue weighted by Crippen LogP contribution is -2.30. The summed E-state index contributed by atoms with van der Waals surface area (Å²) >= 11 is 0. The fraction of sp³-hybridized carbons (Fsp3) is 0.833. The first-order valence-electron chi connectivity index (χ1n) is 6.36. The number of rotatable bonds is 7. The first-order valence-corrected chi connectivity index (χ1v) is 6.36. The van der Waals surface area contributed by atoms with E-state index in [0.717, 1.165) is 43.4 Å². The molecule has 1 aliphatic rings. The minimum Gasteiger partial charge on any atom is -0.339 e. The van der Waals surface area contributed by atoms with Gasteiger partial charge in [0.15, 0.2) is 5.82 Å². The maximum Gasteiger partial charge on any atom is 0.228 e. The second-order valence-electron chi connectivity index (χ2n) is 4.62. The molecule has 16 heavy (non-hydrogen) atoms. The summed E-state index contributed by atoms with van der Waals surface area (Å²) in [6.07, 6.45) is 5.61. The normalized spacial score (nSPS) is 17.6. The summed E-state index contributed by atoms with van der Waals surface area (Å²) in [6.45, 7) is 5.28. The number of nitrogens with one attached hydrogen (secondary N) is 1. The minimum absolute atomic E-state index is 0.458. The molecule has 0 aliphatic heterocycles. The molecule has 1 heterocycles. The van der Waals surface area contributed by atoms with Gasteiger partial charge in [-0.05, 0) is 31.7 Å². The van der Waals surface area contributed by atoms with E-state index in [1.807, 2.05) is 0 Å². The van der Waals surface area contributed by atoms with E-state index in [4.69, 9.17) is 4.52 Å². The Morgan fingerprint density at radius 1 is 1.44 bits per heavy atom. The van der Waals surface area contributed by atoms with E-state index in [-0.39, 0.29) is 0 Å². The van der Waals surface area contributed by atoms with Gasteiger partial charge in [0.1, 0.15) is 0 Å². The van der Waals surface area contributed by atoms with Crippen molar-refractivity contribution in [2.75, 3.05) is 6.54 Å². The summed E-state index contributed by atoms with van der Waals surface area (Å²) < 4.78 is 5.27. The van der Waals surface area contributed by atoms with Crippen molar-refractivity contribution in [2.24, 2.45) is 5.92 Å².